The molecule has 0 bridgehead atoms. The Hall–Kier alpha value is -3.53. The highest BCUT2D eigenvalue weighted by Gasteiger charge is 2.31. The molecule has 0 saturated heterocycles. The van der Waals surface area contributed by atoms with Crippen LogP contribution in [0.1, 0.15) is 30.9 Å². The molecule has 27 heavy (non-hydrogen) atoms. The van der Waals surface area contributed by atoms with Gasteiger partial charge in [0.15, 0.2) is 0 Å². The summed E-state index contributed by atoms with van der Waals surface area (Å²) in [6, 6.07) is 14.1. The Kier molecular flexibility index (Phi) is 4.99. The molecule has 0 radical (unpaired) electrons. The van der Waals surface area contributed by atoms with Gasteiger partial charge in [0, 0.05) is 42.5 Å². The van der Waals surface area contributed by atoms with E-state index in [0.717, 1.165) is 24.3 Å². The number of fused-ring (bicyclic) bond motifs is 1. The fourth-order valence-corrected chi connectivity index (χ4v) is 3.39. The number of benzene rings is 2. The van der Waals surface area contributed by atoms with Gasteiger partial charge in [0.25, 0.3) is 5.69 Å². The van der Waals surface area contributed by atoms with Gasteiger partial charge in [0.1, 0.15) is 17.4 Å². The molecule has 138 valence electrons. The lowest BCUT2D eigenvalue weighted by atomic mass is 9.83. The van der Waals surface area contributed by atoms with Crippen LogP contribution in [0.25, 0.3) is 0 Å². The van der Waals surface area contributed by atoms with Gasteiger partial charge in [-0.15, -0.1) is 0 Å². The predicted molar refractivity (Wildman–Crippen MR) is 102 cm³/mol. The van der Waals surface area contributed by atoms with Gasteiger partial charge in [-0.25, -0.2) is 0 Å². The van der Waals surface area contributed by atoms with E-state index in [-0.39, 0.29) is 17.1 Å². The first-order valence-electron chi connectivity index (χ1n) is 8.70. The molecular formula is C20H20N4O3. The molecule has 0 amide bonds. The minimum atomic E-state index is -0.510. The van der Waals surface area contributed by atoms with Crippen LogP contribution in [0, 0.1) is 21.4 Å². The summed E-state index contributed by atoms with van der Waals surface area (Å²) in [7, 11) is 0. The first-order chi connectivity index (χ1) is 13.0. The van der Waals surface area contributed by atoms with Crippen molar-refractivity contribution in [3.63, 3.8) is 0 Å². The van der Waals surface area contributed by atoms with Crippen molar-refractivity contribution in [2.24, 2.45) is 5.73 Å². The molecule has 0 aromatic heterocycles. The standard InChI is InChI=1S/C20H20N4O3/c1-3-23(4-2)14-8-9-16-18(11-14)27-20(22)17(12-21)19(16)13-6-5-7-15(10-13)24(25)26/h5-11,19H,3-4,22H2,1-2H3. The van der Waals surface area contributed by atoms with Gasteiger partial charge < -0.3 is 15.4 Å². The number of nitriles is 1. The SMILES string of the molecule is CCN(CC)c1ccc2c(c1)OC(N)=C(C#N)C2c1cccc([N+](=O)[O-])c1. The molecule has 0 aliphatic carbocycles. The monoisotopic (exact) mass is 364 g/mol. The molecule has 0 spiro atoms. The van der Waals surface area contributed by atoms with Crippen LogP contribution in [-0.4, -0.2) is 18.0 Å². The zero-order chi connectivity index (χ0) is 19.6. The number of allylic oxidation sites excluding steroid dienone is 1. The summed E-state index contributed by atoms with van der Waals surface area (Å²) >= 11 is 0. The van der Waals surface area contributed by atoms with Gasteiger partial charge in [-0.05, 0) is 25.5 Å². The summed E-state index contributed by atoms with van der Waals surface area (Å²) in [5.74, 6) is 0.0787. The summed E-state index contributed by atoms with van der Waals surface area (Å²) in [6.45, 7) is 5.83. The highest BCUT2D eigenvalue weighted by Crippen LogP contribution is 2.43. The molecule has 1 atom stereocenters. The van der Waals surface area contributed by atoms with E-state index in [4.69, 9.17) is 10.5 Å². The van der Waals surface area contributed by atoms with E-state index in [9.17, 15) is 15.4 Å². The number of hydrogen-bond acceptors (Lipinski definition) is 6. The molecular weight excluding hydrogens is 344 g/mol. The Labute approximate surface area is 157 Å². The van der Waals surface area contributed by atoms with Crippen LogP contribution in [0.5, 0.6) is 5.75 Å². The number of hydrogen-bond donors (Lipinski definition) is 1. The predicted octanol–water partition coefficient (Wildman–Crippen LogP) is 3.66. The van der Waals surface area contributed by atoms with E-state index in [1.807, 2.05) is 18.2 Å². The molecule has 0 fully saturated rings. The molecule has 1 unspecified atom stereocenters. The van der Waals surface area contributed by atoms with Crippen LogP contribution in [0.2, 0.25) is 0 Å². The molecule has 3 rings (SSSR count). The van der Waals surface area contributed by atoms with Gasteiger partial charge in [-0.2, -0.15) is 5.26 Å². The van der Waals surface area contributed by atoms with Crippen molar-refractivity contribution < 1.29 is 9.66 Å². The first kappa shape index (κ1) is 18.3. The Morgan fingerprint density at radius 1 is 1.26 bits per heavy atom. The molecule has 1 aliphatic heterocycles. The Bertz CT molecular complexity index is 958. The van der Waals surface area contributed by atoms with E-state index in [0.29, 0.717) is 11.3 Å². The van der Waals surface area contributed by atoms with Crippen molar-refractivity contribution in [3.05, 3.63) is 75.2 Å². The fourth-order valence-electron chi connectivity index (χ4n) is 3.39. The molecule has 1 heterocycles. The number of nitro benzene ring substituents is 1. The Balaban J connectivity index is 2.15. The number of nitro groups is 1. The van der Waals surface area contributed by atoms with Crippen LogP contribution in [0.4, 0.5) is 11.4 Å². The molecule has 2 N–H and O–H groups in total. The number of nitrogens with two attached hydrogens (primary N) is 1. The number of rotatable bonds is 5. The third kappa shape index (κ3) is 3.29. The van der Waals surface area contributed by atoms with Crippen molar-refractivity contribution in [3.8, 4) is 11.8 Å². The average Bonchev–Trinajstić information content (AvgIpc) is 2.67. The van der Waals surface area contributed by atoms with Crippen LogP contribution in [0.15, 0.2) is 53.9 Å². The number of anilines is 1. The Morgan fingerprint density at radius 3 is 2.63 bits per heavy atom. The highest BCUT2D eigenvalue weighted by molar-refractivity contribution is 5.62. The molecule has 7 heteroatoms. The fraction of sp³-hybridized carbons (Fsp3) is 0.250. The lowest BCUT2D eigenvalue weighted by molar-refractivity contribution is -0.384. The summed E-state index contributed by atoms with van der Waals surface area (Å²) in [4.78, 5) is 12.9. The average molecular weight is 364 g/mol. The smallest absolute Gasteiger partial charge is 0.269 e. The summed E-state index contributed by atoms with van der Waals surface area (Å²) in [6.07, 6.45) is 0. The maximum Gasteiger partial charge on any atom is 0.269 e. The van der Waals surface area contributed by atoms with Crippen molar-refractivity contribution in [1.29, 1.82) is 5.26 Å². The second-order valence-electron chi connectivity index (χ2n) is 6.17. The van der Waals surface area contributed by atoms with E-state index < -0.39 is 10.8 Å². The van der Waals surface area contributed by atoms with Crippen LogP contribution in [0.3, 0.4) is 0 Å². The van der Waals surface area contributed by atoms with Gasteiger partial charge in [-0.1, -0.05) is 18.2 Å². The minimum absolute atomic E-state index is 0.0261. The molecule has 7 nitrogen and oxygen atoms in total. The van der Waals surface area contributed by atoms with Crippen molar-refractivity contribution >= 4 is 11.4 Å². The van der Waals surface area contributed by atoms with E-state index in [1.165, 1.54) is 12.1 Å². The highest BCUT2D eigenvalue weighted by atomic mass is 16.6. The normalized spacial score (nSPS) is 15.5. The third-order valence-electron chi connectivity index (χ3n) is 4.75. The number of nitrogens with zero attached hydrogens (tertiary/aromatic N) is 3. The van der Waals surface area contributed by atoms with E-state index in [1.54, 1.807) is 12.1 Å². The Morgan fingerprint density at radius 2 is 2.00 bits per heavy atom. The second kappa shape index (κ2) is 7.38. The lowest BCUT2D eigenvalue weighted by Crippen LogP contribution is -2.24. The maximum absolute atomic E-state index is 11.2. The maximum atomic E-state index is 11.2. The van der Waals surface area contributed by atoms with Crippen molar-refractivity contribution in [2.75, 3.05) is 18.0 Å². The van der Waals surface area contributed by atoms with Gasteiger partial charge in [-0.3, -0.25) is 10.1 Å². The quantitative estimate of drug-likeness (QED) is 0.641. The minimum Gasteiger partial charge on any atom is -0.440 e. The zero-order valence-electron chi connectivity index (χ0n) is 15.2. The molecule has 1 aliphatic rings. The largest absolute Gasteiger partial charge is 0.440 e. The summed E-state index contributed by atoms with van der Waals surface area (Å²) in [5, 5.41) is 20.8. The molecule has 0 saturated carbocycles. The molecule has 2 aromatic rings. The zero-order valence-corrected chi connectivity index (χ0v) is 15.2. The number of non-ortho nitro benzene ring substituents is 1. The summed E-state index contributed by atoms with van der Waals surface area (Å²) < 4.78 is 5.72. The van der Waals surface area contributed by atoms with Crippen molar-refractivity contribution in [1.82, 2.24) is 0 Å². The van der Waals surface area contributed by atoms with Crippen molar-refractivity contribution in [2.45, 2.75) is 19.8 Å². The topological polar surface area (TPSA) is 105 Å². The van der Waals surface area contributed by atoms with Crippen LogP contribution < -0.4 is 15.4 Å². The van der Waals surface area contributed by atoms with E-state index >= 15 is 0 Å². The van der Waals surface area contributed by atoms with Gasteiger partial charge in [0.2, 0.25) is 5.88 Å². The van der Waals surface area contributed by atoms with Gasteiger partial charge >= 0.3 is 0 Å². The van der Waals surface area contributed by atoms with E-state index in [2.05, 4.69) is 24.8 Å². The summed E-state index contributed by atoms with van der Waals surface area (Å²) in [5.41, 5.74) is 8.61. The lowest BCUT2D eigenvalue weighted by Gasteiger charge is -2.28. The van der Waals surface area contributed by atoms with Crippen LogP contribution in [-0.2, 0) is 0 Å². The van der Waals surface area contributed by atoms with Gasteiger partial charge in [0.05, 0.1) is 10.8 Å². The number of ether oxygens (including phenoxy) is 1. The first-order valence-corrected chi connectivity index (χ1v) is 8.70. The van der Waals surface area contributed by atoms with Crippen LogP contribution >= 0.6 is 0 Å². The molecule has 2 aromatic carbocycles. The second-order valence-corrected chi connectivity index (χ2v) is 6.17. The third-order valence-corrected chi connectivity index (χ3v) is 4.75.